The number of hydrogen-bond donors (Lipinski definition) is 0. The second kappa shape index (κ2) is 16.5. The highest BCUT2D eigenvalue weighted by atomic mass is 16.7. The first-order valence-electron chi connectivity index (χ1n) is 7.31. The predicted octanol–water partition coefficient (Wildman–Crippen LogP) is 3.47. The fourth-order valence-electron chi connectivity index (χ4n) is 1.30. The van der Waals surface area contributed by atoms with Gasteiger partial charge in [-0.3, -0.25) is 0 Å². The first-order chi connectivity index (χ1) is 11.7. The summed E-state index contributed by atoms with van der Waals surface area (Å²) < 4.78 is 18.8. The normalized spacial score (nSPS) is 9.17. The van der Waals surface area contributed by atoms with Gasteiger partial charge in [0.2, 0.25) is 0 Å². The highest BCUT2D eigenvalue weighted by Gasteiger charge is 2.06. The minimum absolute atomic E-state index is 0.149. The van der Waals surface area contributed by atoms with Crippen molar-refractivity contribution < 1.29 is 28.5 Å². The highest BCUT2D eigenvalue weighted by molar-refractivity contribution is 5.60. The summed E-state index contributed by atoms with van der Waals surface area (Å²) in [4.78, 5) is 27.5. The molecule has 0 amide bonds. The number of azide groups is 2. The number of hydrogen-bond acceptors (Lipinski definition) is 8. The summed E-state index contributed by atoms with van der Waals surface area (Å²) in [6.45, 7) is 0.691. The fraction of sp³-hybridized carbons (Fsp3) is 0.833. The van der Waals surface area contributed by atoms with Crippen LogP contribution in [-0.2, 0) is 18.9 Å². The minimum Gasteiger partial charge on any atom is -0.434 e. The molecule has 0 aliphatic carbocycles. The van der Waals surface area contributed by atoms with Crippen LogP contribution in [0.3, 0.4) is 0 Å². The smallest absolute Gasteiger partial charge is 0.434 e. The lowest BCUT2D eigenvalue weighted by molar-refractivity contribution is 0.0177. The highest BCUT2D eigenvalue weighted by Crippen LogP contribution is 1.96. The lowest BCUT2D eigenvalue weighted by Gasteiger charge is -2.07. The molecule has 134 valence electrons. The molecule has 0 saturated carbocycles. The molecule has 0 aromatic rings. The van der Waals surface area contributed by atoms with Crippen molar-refractivity contribution in [2.75, 3.05) is 39.5 Å². The lowest BCUT2D eigenvalue weighted by atomic mass is 10.3. The monoisotopic (exact) mass is 344 g/mol. The van der Waals surface area contributed by atoms with Crippen LogP contribution in [0.25, 0.3) is 20.9 Å². The van der Waals surface area contributed by atoms with Gasteiger partial charge < -0.3 is 18.9 Å². The Kier molecular flexibility index (Phi) is 14.6. The van der Waals surface area contributed by atoms with Crippen LogP contribution >= 0.6 is 0 Å². The molecule has 0 aliphatic heterocycles. The number of unbranched alkanes of at least 4 members (excludes halogenated alkanes) is 2. The molecule has 12 nitrogen and oxygen atoms in total. The van der Waals surface area contributed by atoms with Gasteiger partial charge in [0.1, 0.15) is 13.2 Å². The number of carbonyl (C=O) groups is 2. The molecule has 0 rings (SSSR count). The number of nitrogens with zero attached hydrogens (tertiary/aromatic N) is 6. The van der Waals surface area contributed by atoms with Crippen molar-refractivity contribution in [1.29, 1.82) is 0 Å². The van der Waals surface area contributed by atoms with Gasteiger partial charge >= 0.3 is 12.3 Å². The van der Waals surface area contributed by atoms with E-state index in [1.165, 1.54) is 0 Å². The SMILES string of the molecule is [N-]=[N+]=NCCCCOC(=O)OCCOC(=O)OCCCCN=[N+]=[N-]. The zero-order chi connectivity index (χ0) is 17.9. The summed E-state index contributed by atoms with van der Waals surface area (Å²) in [7, 11) is 0. The van der Waals surface area contributed by atoms with Crippen molar-refractivity contribution in [3.05, 3.63) is 20.9 Å². The zero-order valence-electron chi connectivity index (χ0n) is 13.2. The second-order valence-electron chi connectivity index (χ2n) is 4.22. The largest absolute Gasteiger partial charge is 0.508 e. The van der Waals surface area contributed by atoms with E-state index in [4.69, 9.17) is 20.5 Å². The van der Waals surface area contributed by atoms with Gasteiger partial charge in [-0.25, -0.2) is 9.59 Å². The van der Waals surface area contributed by atoms with Crippen LogP contribution in [0.4, 0.5) is 9.59 Å². The summed E-state index contributed by atoms with van der Waals surface area (Å²) in [5.41, 5.74) is 16.1. The van der Waals surface area contributed by atoms with Crippen LogP contribution in [0.5, 0.6) is 0 Å². The molecule has 0 aromatic heterocycles. The first-order valence-corrected chi connectivity index (χ1v) is 7.31. The Labute approximate surface area is 138 Å². The molecule has 0 aliphatic rings. The van der Waals surface area contributed by atoms with Crippen LogP contribution < -0.4 is 0 Å². The van der Waals surface area contributed by atoms with Crippen molar-refractivity contribution in [2.45, 2.75) is 25.7 Å². The van der Waals surface area contributed by atoms with E-state index in [0.717, 1.165) is 0 Å². The van der Waals surface area contributed by atoms with E-state index < -0.39 is 12.3 Å². The van der Waals surface area contributed by atoms with Gasteiger partial charge in [-0.15, -0.1) is 0 Å². The van der Waals surface area contributed by atoms with E-state index in [-0.39, 0.29) is 26.4 Å². The van der Waals surface area contributed by atoms with Gasteiger partial charge in [-0.05, 0) is 36.7 Å². The van der Waals surface area contributed by atoms with Gasteiger partial charge in [0.25, 0.3) is 0 Å². The lowest BCUT2D eigenvalue weighted by Crippen LogP contribution is -2.16. The number of carbonyl (C=O) groups excluding carboxylic acids is 2. The van der Waals surface area contributed by atoms with E-state index in [1.54, 1.807) is 0 Å². The van der Waals surface area contributed by atoms with Crippen molar-refractivity contribution in [3.8, 4) is 0 Å². The fourth-order valence-corrected chi connectivity index (χ4v) is 1.30. The van der Waals surface area contributed by atoms with Crippen LogP contribution in [0.1, 0.15) is 25.7 Å². The summed E-state index contributed by atoms with van der Waals surface area (Å²) in [6.07, 6.45) is 0.583. The van der Waals surface area contributed by atoms with Crippen LogP contribution in [0.2, 0.25) is 0 Å². The van der Waals surface area contributed by atoms with Crippen molar-refractivity contribution >= 4 is 12.3 Å². The van der Waals surface area contributed by atoms with Crippen molar-refractivity contribution in [1.82, 2.24) is 0 Å². The van der Waals surface area contributed by atoms with Crippen LogP contribution in [0, 0.1) is 0 Å². The Hall–Kier alpha value is -2.84. The molecule has 0 fully saturated rings. The minimum atomic E-state index is -0.867. The molecule has 0 N–H and O–H groups in total. The zero-order valence-corrected chi connectivity index (χ0v) is 13.2. The topological polar surface area (TPSA) is 169 Å². The Morgan fingerprint density at radius 1 is 0.667 bits per heavy atom. The molecule has 0 spiro atoms. The molecular weight excluding hydrogens is 324 g/mol. The van der Waals surface area contributed by atoms with Crippen LogP contribution in [0.15, 0.2) is 10.2 Å². The Balaban J connectivity index is 3.40. The van der Waals surface area contributed by atoms with E-state index in [9.17, 15) is 9.59 Å². The Morgan fingerprint density at radius 2 is 1.04 bits per heavy atom. The summed E-state index contributed by atoms with van der Waals surface area (Å²) in [6, 6.07) is 0. The summed E-state index contributed by atoms with van der Waals surface area (Å²) in [5.74, 6) is 0. The molecule has 0 atom stereocenters. The Morgan fingerprint density at radius 3 is 1.42 bits per heavy atom. The molecule has 0 aromatic carbocycles. The molecule has 0 unspecified atom stereocenters. The average Bonchev–Trinajstić information content (AvgIpc) is 2.58. The van der Waals surface area contributed by atoms with E-state index >= 15 is 0 Å². The molecule has 0 bridgehead atoms. The van der Waals surface area contributed by atoms with Crippen molar-refractivity contribution in [2.24, 2.45) is 10.2 Å². The maximum atomic E-state index is 11.1. The molecular formula is C12H20N6O6. The molecule has 0 heterocycles. The standard InChI is InChI=1S/C12H20N6O6/c13-17-15-5-1-3-7-21-11(19)23-9-10-24-12(20)22-8-4-2-6-16-18-14/h1-10H2. The van der Waals surface area contributed by atoms with E-state index in [0.29, 0.717) is 38.8 Å². The third-order valence-electron chi connectivity index (χ3n) is 2.39. The predicted molar refractivity (Wildman–Crippen MR) is 81.1 cm³/mol. The maximum absolute atomic E-state index is 11.1. The third-order valence-corrected chi connectivity index (χ3v) is 2.39. The molecule has 12 heteroatoms. The van der Waals surface area contributed by atoms with Gasteiger partial charge in [0, 0.05) is 22.9 Å². The van der Waals surface area contributed by atoms with Gasteiger partial charge in [-0.2, -0.15) is 0 Å². The van der Waals surface area contributed by atoms with Crippen LogP contribution in [-0.4, -0.2) is 51.8 Å². The Bertz CT molecular complexity index is 419. The average molecular weight is 344 g/mol. The maximum Gasteiger partial charge on any atom is 0.508 e. The summed E-state index contributed by atoms with van der Waals surface area (Å²) >= 11 is 0. The molecule has 24 heavy (non-hydrogen) atoms. The van der Waals surface area contributed by atoms with E-state index in [1.807, 2.05) is 0 Å². The van der Waals surface area contributed by atoms with Crippen molar-refractivity contribution in [3.63, 3.8) is 0 Å². The third kappa shape index (κ3) is 15.5. The number of rotatable bonds is 13. The summed E-state index contributed by atoms with van der Waals surface area (Å²) in [5, 5.41) is 6.67. The molecule has 0 radical (unpaired) electrons. The number of ether oxygens (including phenoxy) is 4. The quantitative estimate of drug-likeness (QED) is 0.163. The van der Waals surface area contributed by atoms with Gasteiger partial charge in [-0.1, -0.05) is 10.2 Å². The first kappa shape index (κ1) is 21.2. The second-order valence-corrected chi connectivity index (χ2v) is 4.22. The van der Waals surface area contributed by atoms with Gasteiger partial charge in [0.15, 0.2) is 0 Å². The van der Waals surface area contributed by atoms with E-state index in [2.05, 4.69) is 29.5 Å². The molecule has 0 saturated heterocycles. The van der Waals surface area contributed by atoms with Gasteiger partial charge in [0.05, 0.1) is 13.2 Å².